The minimum Gasteiger partial charge on any atom is -0.378 e. The predicted octanol–water partition coefficient (Wildman–Crippen LogP) is 3.77. The lowest BCUT2D eigenvalue weighted by Gasteiger charge is -2.26. The van der Waals surface area contributed by atoms with Gasteiger partial charge in [-0.15, -0.1) is 0 Å². The summed E-state index contributed by atoms with van der Waals surface area (Å²) in [5.41, 5.74) is 4.74. The molecule has 0 spiro atoms. The molecule has 0 saturated carbocycles. The summed E-state index contributed by atoms with van der Waals surface area (Å²) in [6, 6.07) is 14.0. The first-order valence-corrected chi connectivity index (χ1v) is 11.1. The minimum atomic E-state index is -0.0374. The van der Waals surface area contributed by atoms with E-state index in [1.807, 2.05) is 51.0 Å². The number of anilines is 1. The fourth-order valence-electron chi connectivity index (χ4n) is 4.05. The van der Waals surface area contributed by atoms with Crippen molar-refractivity contribution in [1.29, 1.82) is 0 Å². The lowest BCUT2D eigenvalue weighted by molar-refractivity contribution is 0.0507. The summed E-state index contributed by atoms with van der Waals surface area (Å²) >= 11 is 0. The Kier molecular flexibility index (Phi) is 6.55. The van der Waals surface area contributed by atoms with Crippen LogP contribution in [0.3, 0.4) is 0 Å². The van der Waals surface area contributed by atoms with Crippen LogP contribution in [0.15, 0.2) is 48.7 Å². The third-order valence-electron chi connectivity index (χ3n) is 5.78. The van der Waals surface area contributed by atoms with E-state index in [0.717, 1.165) is 42.1 Å². The van der Waals surface area contributed by atoms with Gasteiger partial charge in [-0.25, -0.2) is 9.67 Å². The second kappa shape index (κ2) is 9.53. The molecule has 2 aromatic heterocycles. The molecule has 1 saturated heterocycles. The molecule has 3 heterocycles. The number of hydrogen-bond acceptors (Lipinski definition) is 5. The Labute approximate surface area is 189 Å². The van der Waals surface area contributed by atoms with Crippen LogP contribution < -0.4 is 4.90 Å². The summed E-state index contributed by atoms with van der Waals surface area (Å²) in [6.45, 7) is 5.82. The molecule has 1 unspecified atom stereocenters. The van der Waals surface area contributed by atoms with Gasteiger partial charge in [0.25, 0.3) is 5.91 Å². The number of amides is 1. The van der Waals surface area contributed by atoms with Crippen molar-refractivity contribution < 1.29 is 9.53 Å². The summed E-state index contributed by atoms with van der Waals surface area (Å²) in [4.78, 5) is 21.9. The van der Waals surface area contributed by atoms with Crippen LogP contribution in [-0.4, -0.2) is 58.9 Å². The molecule has 1 atom stereocenters. The first-order chi connectivity index (χ1) is 15.4. The normalized spacial score (nSPS) is 15.7. The van der Waals surface area contributed by atoms with Crippen molar-refractivity contribution in [3.63, 3.8) is 0 Å². The predicted molar refractivity (Wildman–Crippen MR) is 125 cm³/mol. The third kappa shape index (κ3) is 4.99. The standard InChI is InChI=1S/C25H31N5O2/c1-18-14-19(2)30(27-18)24-12-9-21(15-26-24)25(31)29(17-23-6-5-13-32-23)16-20-7-10-22(11-8-20)28(3)4/h7-12,14-15,23H,5-6,13,16-17H2,1-4H3. The average Bonchev–Trinajstić information content (AvgIpc) is 3.42. The van der Waals surface area contributed by atoms with Gasteiger partial charge in [-0.3, -0.25) is 4.79 Å². The van der Waals surface area contributed by atoms with Crippen molar-refractivity contribution in [3.05, 3.63) is 71.2 Å². The summed E-state index contributed by atoms with van der Waals surface area (Å²) in [5, 5.41) is 4.47. The Balaban J connectivity index is 1.54. The maximum absolute atomic E-state index is 13.4. The van der Waals surface area contributed by atoms with E-state index in [0.29, 0.717) is 24.5 Å². The van der Waals surface area contributed by atoms with Crippen molar-refractivity contribution >= 4 is 11.6 Å². The van der Waals surface area contributed by atoms with Gasteiger partial charge in [0.05, 0.1) is 17.4 Å². The maximum Gasteiger partial charge on any atom is 0.255 e. The maximum atomic E-state index is 13.4. The second-order valence-corrected chi connectivity index (χ2v) is 8.63. The van der Waals surface area contributed by atoms with Gasteiger partial charge in [-0.2, -0.15) is 5.10 Å². The van der Waals surface area contributed by atoms with Crippen LogP contribution in [0.4, 0.5) is 5.69 Å². The van der Waals surface area contributed by atoms with E-state index >= 15 is 0 Å². The zero-order valence-electron chi connectivity index (χ0n) is 19.3. The lowest BCUT2D eigenvalue weighted by atomic mass is 10.1. The zero-order chi connectivity index (χ0) is 22.7. The quantitative estimate of drug-likeness (QED) is 0.568. The molecule has 4 rings (SSSR count). The Morgan fingerprint density at radius 3 is 2.50 bits per heavy atom. The number of aryl methyl sites for hydroxylation is 2. The molecule has 32 heavy (non-hydrogen) atoms. The van der Waals surface area contributed by atoms with Crippen LogP contribution in [0.2, 0.25) is 0 Å². The van der Waals surface area contributed by atoms with Crippen molar-refractivity contribution in [1.82, 2.24) is 19.7 Å². The molecule has 1 aliphatic heterocycles. The third-order valence-corrected chi connectivity index (χ3v) is 5.78. The fourth-order valence-corrected chi connectivity index (χ4v) is 4.05. The van der Waals surface area contributed by atoms with Gasteiger partial charge in [-0.05, 0) is 62.6 Å². The zero-order valence-corrected chi connectivity index (χ0v) is 19.3. The number of ether oxygens (including phenoxy) is 1. The summed E-state index contributed by atoms with van der Waals surface area (Å²) in [6.07, 6.45) is 3.76. The molecular weight excluding hydrogens is 402 g/mol. The van der Waals surface area contributed by atoms with E-state index in [-0.39, 0.29) is 12.0 Å². The smallest absolute Gasteiger partial charge is 0.255 e. The molecule has 0 bridgehead atoms. The first-order valence-electron chi connectivity index (χ1n) is 11.1. The number of benzene rings is 1. The summed E-state index contributed by atoms with van der Waals surface area (Å²) < 4.78 is 7.61. The van der Waals surface area contributed by atoms with Gasteiger partial charge in [0.2, 0.25) is 0 Å². The summed E-state index contributed by atoms with van der Waals surface area (Å²) in [7, 11) is 4.04. The molecule has 0 aliphatic carbocycles. The van der Waals surface area contributed by atoms with Gasteiger partial charge in [-0.1, -0.05) is 12.1 Å². The highest BCUT2D eigenvalue weighted by molar-refractivity contribution is 5.94. The van der Waals surface area contributed by atoms with Gasteiger partial charge < -0.3 is 14.5 Å². The van der Waals surface area contributed by atoms with Gasteiger partial charge in [0.15, 0.2) is 5.82 Å². The van der Waals surface area contributed by atoms with Crippen molar-refractivity contribution in [2.75, 3.05) is 32.1 Å². The molecule has 0 N–H and O–H groups in total. The van der Waals surface area contributed by atoms with E-state index in [1.54, 1.807) is 10.9 Å². The Morgan fingerprint density at radius 1 is 1.16 bits per heavy atom. The van der Waals surface area contributed by atoms with Crippen molar-refractivity contribution in [3.8, 4) is 5.82 Å². The molecule has 1 aromatic carbocycles. The van der Waals surface area contributed by atoms with Crippen LogP contribution in [-0.2, 0) is 11.3 Å². The van der Waals surface area contributed by atoms with E-state index in [1.165, 1.54) is 0 Å². The number of carbonyl (C=O) groups excluding carboxylic acids is 1. The second-order valence-electron chi connectivity index (χ2n) is 8.63. The Morgan fingerprint density at radius 2 is 1.94 bits per heavy atom. The minimum absolute atomic E-state index is 0.0374. The topological polar surface area (TPSA) is 63.5 Å². The lowest BCUT2D eigenvalue weighted by Crippen LogP contribution is -2.37. The molecule has 7 nitrogen and oxygen atoms in total. The largest absolute Gasteiger partial charge is 0.378 e. The molecular formula is C25H31N5O2. The van der Waals surface area contributed by atoms with Crippen LogP contribution in [0.1, 0.15) is 40.2 Å². The van der Waals surface area contributed by atoms with Crippen LogP contribution in [0.25, 0.3) is 5.82 Å². The van der Waals surface area contributed by atoms with Crippen LogP contribution >= 0.6 is 0 Å². The first kappa shape index (κ1) is 22.0. The molecule has 168 valence electrons. The highest BCUT2D eigenvalue weighted by Crippen LogP contribution is 2.19. The van der Waals surface area contributed by atoms with E-state index < -0.39 is 0 Å². The number of carbonyl (C=O) groups is 1. The van der Waals surface area contributed by atoms with E-state index in [9.17, 15) is 4.79 Å². The molecule has 1 aliphatic rings. The molecule has 0 radical (unpaired) electrons. The molecule has 3 aromatic rings. The highest BCUT2D eigenvalue weighted by Gasteiger charge is 2.24. The molecule has 1 fully saturated rings. The van der Waals surface area contributed by atoms with Crippen LogP contribution in [0, 0.1) is 13.8 Å². The van der Waals surface area contributed by atoms with Gasteiger partial charge in [0, 0.05) is 51.4 Å². The Hall–Kier alpha value is -3.19. The fraction of sp³-hybridized carbons (Fsp3) is 0.400. The number of rotatable bonds is 7. The Bertz CT molecular complexity index is 1050. The number of pyridine rings is 1. The van der Waals surface area contributed by atoms with E-state index in [4.69, 9.17) is 4.74 Å². The van der Waals surface area contributed by atoms with Gasteiger partial charge in [0.1, 0.15) is 0 Å². The highest BCUT2D eigenvalue weighted by atomic mass is 16.5. The summed E-state index contributed by atoms with van der Waals surface area (Å²) in [5.74, 6) is 0.668. The van der Waals surface area contributed by atoms with Gasteiger partial charge >= 0.3 is 0 Å². The molecule has 7 heteroatoms. The van der Waals surface area contributed by atoms with Crippen molar-refractivity contribution in [2.45, 2.75) is 39.3 Å². The monoisotopic (exact) mass is 433 g/mol. The van der Waals surface area contributed by atoms with E-state index in [2.05, 4.69) is 39.2 Å². The van der Waals surface area contributed by atoms with Crippen molar-refractivity contribution in [2.24, 2.45) is 0 Å². The number of hydrogen-bond donors (Lipinski definition) is 0. The van der Waals surface area contributed by atoms with Crippen LogP contribution in [0.5, 0.6) is 0 Å². The average molecular weight is 434 g/mol. The number of aromatic nitrogens is 3. The number of nitrogens with zero attached hydrogens (tertiary/aromatic N) is 5. The SMILES string of the molecule is Cc1cc(C)n(-c2ccc(C(=O)N(Cc3ccc(N(C)C)cc3)CC3CCCO3)cn2)n1. The molecule has 1 amide bonds.